The van der Waals surface area contributed by atoms with Gasteiger partial charge in [-0.2, -0.15) is 0 Å². The summed E-state index contributed by atoms with van der Waals surface area (Å²) in [6.07, 6.45) is -0.0197. The zero-order chi connectivity index (χ0) is 14.3. The second kappa shape index (κ2) is 8.41. The second-order valence-electron chi connectivity index (χ2n) is 5.14. The van der Waals surface area contributed by atoms with Crippen LogP contribution in [0.2, 0.25) is 5.02 Å². The topological polar surface area (TPSA) is 30.5 Å². The summed E-state index contributed by atoms with van der Waals surface area (Å²) in [6, 6.07) is 5.83. The highest BCUT2D eigenvalue weighted by Crippen LogP contribution is 2.29. The number of para-hydroxylation sites is 1. The lowest BCUT2D eigenvalue weighted by Crippen LogP contribution is -2.22. The van der Waals surface area contributed by atoms with Gasteiger partial charge in [-0.15, -0.1) is 0 Å². The van der Waals surface area contributed by atoms with Gasteiger partial charge in [0.25, 0.3) is 0 Å². The van der Waals surface area contributed by atoms with E-state index in [4.69, 9.17) is 21.1 Å². The molecule has 1 rings (SSSR count). The maximum atomic E-state index is 6.22. The average molecular weight is 286 g/mol. The predicted molar refractivity (Wildman–Crippen MR) is 80.0 cm³/mol. The van der Waals surface area contributed by atoms with Crippen LogP contribution in [0, 0.1) is 5.92 Å². The van der Waals surface area contributed by atoms with Gasteiger partial charge in [0.15, 0.2) is 0 Å². The van der Waals surface area contributed by atoms with E-state index in [2.05, 4.69) is 19.2 Å². The molecule has 0 saturated carbocycles. The summed E-state index contributed by atoms with van der Waals surface area (Å²) in [5.74, 6) is 1.38. The normalized spacial score (nSPS) is 12.7. The number of hydrogen-bond donors (Lipinski definition) is 1. The number of nitrogens with one attached hydrogen (secondary N) is 1. The first-order valence-corrected chi connectivity index (χ1v) is 7.06. The van der Waals surface area contributed by atoms with E-state index >= 15 is 0 Å². The average Bonchev–Trinajstić information content (AvgIpc) is 2.33. The van der Waals surface area contributed by atoms with E-state index in [9.17, 15) is 0 Å². The van der Waals surface area contributed by atoms with Crippen molar-refractivity contribution in [3.63, 3.8) is 0 Å². The molecule has 1 N–H and O–H groups in total. The highest BCUT2D eigenvalue weighted by Gasteiger charge is 2.12. The van der Waals surface area contributed by atoms with Gasteiger partial charge in [-0.3, -0.25) is 0 Å². The van der Waals surface area contributed by atoms with Crippen LogP contribution in [0.3, 0.4) is 0 Å². The molecule has 1 unspecified atom stereocenters. The Morgan fingerprint density at radius 1 is 1.26 bits per heavy atom. The van der Waals surface area contributed by atoms with Crippen molar-refractivity contribution in [3.05, 3.63) is 28.8 Å². The smallest absolute Gasteiger partial charge is 0.142 e. The van der Waals surface area contributed by atoms with Crippen molar-refractivity contribution < 1.29 is 9.47 Å². The maximum Gasteiger partial charge on any atom is 0.142 e. The fraction of sp³-hybridized carbons (Fsp3) is 0.600. The molecule has 0 aliphatic carbocycles. The fourth-order valence-electron chi connectivity index (χ4n) is 1.79. The highest BCUT2D eigenvalue weighted by molar-refractivity contribution is 6.32. The number of rotatable bonds is 8. The van der Waals surface area contributed by atoms with Crippen LogP contribution in [0.25, 0.3) is 0 Å². The molecule has 0 bridgehead atoms. The zero-order valence-corrected chi connectivity index (χ0v) is 13.0. The van der Waals surface area contributed by atoms with Crippen molar-refractivity contribution in [1.82, 2.24) is 5.32 Å². The van der Waals surface area contributed by atoms with Crippen molar-refractivity contribution >= 4 is 11.6 Å². The van der Waals surface area contributed by atoms with E-state index in [0.29, 0.717) is 17.5 Å². The first-order valence-electron chi connectivity index (χ1n) is 6.68. The lowest BCUT2D eigenvalue weighted by molar-refractivity contribution is 0.0914. The monoisotopic (exact) mass is 285 g/mol. The molecular weight excluding hydrogens is 262 g/mol. The van der Waals surface area contributed by atoms with Gasteiger partial charge in [0.2, 0.25) is 0 Å². The molecule has 0 radical (unpaired) electrons. The third-order valence-corrected chi connectivity index (χ3v) is 2.93. The van der Waals surface area contributed by atoms with E-state index in [1.165, 1.54) is 0 Å². The zero-order valence-electron chi connectivity index (χ0n) is 12.2. The minimum Gasteiger partial charge on any atom is -0.486 e. The molecule has 1 atom stereocenters. The van der Waals surface area contributed by atoms with Crippen LogP contribution in [0.5, 0.6) is 5.75 Å². The maximum absolute atomic E-state index is 6.22. The summed E-state index contributed by atoms with van der Waals surface area (Å²) in [5.41, 5.74) is 1.08. The van der Waals surface area contributed by atoms with Crippen LogP contribution in [0.15, 0.2) is 18.2 Å². The Kier molecular flexibility index (Phi) is 7.21. The molecule has 108 valence electrons. The van der Waals surface area contributed by atoms with Crippen LogP contribution < -0.4 is 10.1 Å². The van der Waals surface area contributed by atoms with E-state index in [1.54, 1.807) is 7.11 Å². The molecule has 3 nitrogen and oxygen atoms in total. The molecule has 1 aromatic carbocycles. The van der Waals surface area contributed by atoms with Crippen molar-refractivity contribution in [2.24, 2.45) is 5.92 Å². The second-order valence-corrected chi connectivity index (χ2v) is 5.54. The number of ether oxygens (including phenoxy) is 2. The first-order chi connectivity index (χ1) is 9.04. The molecule has 0 aliphatic heterocycles. The van der Waals surface area contributed by atoms with Gasteiger partial charge >= 0.3 is 0 Å². The molecule has 4 heteroatoms. The molecule has 0 spiro atoms. The Balaban J connectivity index is 2.71. The third kappa shape index (κ3) is 5.81. The minimum atomic E-state index is -0.0197. The lowest BCUT2D eigenvalue weighted by Gasteiger charge is -2.18. The standard InChI is InChI=1S/C15H24ClNO2/c1-11(2)8-17-9-13-6-5-7-14(16)15(13)19-12(3)10-18-4/h5-7,11-12,17H,8-10H2,1-4H3. The summed E-state index contributed by atoms with van der Waals surface area (Å²) in [7, 11) is 1.66. The third-order valence-electron chi connectivity index (χ3n) is 2.64. The van der Waals surface area contributed by atoms with Crippen molar-refractivity contribution in [2.75, 3.05) is 20.3 Å². The fourth-order valence-corrected chi connectivity index (χ4v) is 2.03. The molecule has 0 saturated heterocycles. The van der Waals surface area contributed by atoms with Gasteiger partial charge in [0.05, 0.1) is 11.6 Å². The summed E-state index contributed by atoms with van der Waals surface area (Å²) in [6.45, 7) is 8.61. The van der Waals surface area contributed by atoms with Gasteiger partial charge in [0.1, 0.15) is 11.9 Å². The summed E-state index contributed by atoms with van der Waals surface area (Å²) in [4.78, 5) is 0. The van der Waals surface area contributed by atoms with Crippen molar-refractivity contribution in [1.29, 1.82) is 0 Å². The van der Waals surface area contributed by atoms with Crippen LogP contribution in [0.1, 0.15) is 26.3 Å². The molecule has 19 heavy (non-hydrogen) atoms. The van der Waals surface area contributed by atoms with Gasteiger partial charge in [0, 0.05) is 19.2 Å². The summed E-state index contributed by atoms with van der Waals surface area (Å²) in [5, 5.41) is 4.05. The molecular formula is C15H24ClNO2. The quantitative estimate of drug-likeness (QED) is 0.793. The number of hydrogen-bond acceptors (Lipinski definition) is 3. The van der Waals surface area contributed by atoms with Gasteiger partial charge in [-0.25, -0.2) is 0 Å². The Morgan fingerprint density at radius 2 is 2.00 bits per heavy atom. The van der Waals surface area contributed by atoms with Gasteiger partial charge < -0.3 is 14.8 Å². The lowest BCUT2D eigenvalue weighted by atomic mass is 10.1. The molecule has 0 aromatic heterocycles. The Labute approximate surface area is 121 Å². The van der Waals surface area contributed by atoms with E-state index < -0.39 is 0 Å². The summed E-state index contributed by atoms with van der Waals surface area (Å²) >= 11 is 6.22. The molecule has 0 amide bonds. The number of benzene rings is 1. The summed E-state index contributed by atoms with van der Waals surface area (Å²) < 4.78 is 11.0. The first kappa shape index (κ1) is 16.3. The minimum absolute atomic E-state index is 0.0197. The van der Waals surface area contributed by atoms with Gasteiger partial charge in [-0.05, 0) is 25.5 Å². The number of methoxy groups -OCH3 is 1. The SMILES string of the molecule is COCC(C)Oc1c(Cl)cccc1CNCC(C)C. The van der Waals surface area contributed by atoms with Crippen molar-refractivity contribution in [2.45, 2.75) is 33.4 Å². The predicted octanol–water partition coefficient (Wildman–Crippen LogP) is 3.50. The molecule has 0 heterocycles. The Hall–Kier alpha value is -0.770. The van der Waals surface area contributed by atoms with E-state index in [-0.39, 0.29) is 6.10 Å². The van der Waals surface area contributed by atoms with Gasteiger partial charge in [-0.1, -0.05) is 37.6 Å². The molecule has 0 fully saturated rings. The van der Waals surface area contributed by atoms with Crippen LogP contribution in [-0.4, -0.2) is 26.4 Å². The molecule has 1 aromatic rings. The van der Waals surface area contributed by atoms with E-state index in [1.807, 2.05) is 25.1 Å². The largest absolute Gasteiger partial charge is 0.486 e. The highest BCUT2D eigenvalue weighted by atomic mass is 35.5. The van der Waals surface area contributed by atoms with E-state index in [0.717, 1.165) is 24.4 Å². The Morgan fingerprint density at radius 3 is 2.63 bits per heavy atom. The van der Waals surface area contributed by atoms with Crippen LogP contribution in [-0.2, 0) is 11.3 Å². The van der Waals surface area contributed by atoms with Crippen molar-refractivity contribution in [3.8, 4) is 5.75 Å². The van der Waals surface area contributed by atoms with Crippen LogP contribution >= 0.6 is 11.6 Å². The number of halogens is 1. The van der Waals surface area contributed by atoms with Crippen LogP contribution in [0.4, 0.5) is 0 Å². The Bertz CT molecular complexity index is 382. The molecule has 0 aliphatic rings.